The van der Waals surface area contributed by atoms with Crippen LogP contribution in [0.15, 0.2) is 29.5 Å². The van der Waals surface area contributed by atoms with Crippen LogP contribution in [0.2, 0.25) is 0 Å². The number of nitrogens with one attached hydrogen (secondary N) is 2. The molecule has 222 valence electrons. The van der Waals surface area contributed by atoms with Crippen LogP contribution in [0.4, 0.5) is 23.3 Å². The number of nitrogens with two attached hydrogens (primary N) is 2. The topological polar surface area (TPSA) is 175 Å². The lowest BCUT2D eigenvalue weighted by atomic mass is 9.88. The molecule has 1 aliphatic carbocycles. The Hall–Kier alpha value is -4.19. The van der Waals surface area contributed by atoms with Gasteiger partial charge in [0, 0.05) is 55.6 Å². The zero-order chi connectivity index (χ0) is 30.0. The second kappa shape index (κ2) is 12.0. The van der Waals surface area contributed by atoms with E-state index in [9.17, 15) is 4.79 Å². The summed E-state index contributed by atoms with van der Waals surface area (Å²) in [6.45, 7) is 11.3. The van der Waals surface area contributed by atoms with Gasteiger partial charge in [-0.3, -0.25) is 9.69 Å². The molecule has 1 aromatic carbocycles. The second-order valence-electron chi connectivity index (χ2n) is 12.3. The van der Waals surface area contributed by atoms with Crippen LogP contribution in [-0.2, 0) is 0 Å². The number of nitrogen functional groups attached to an aromatic ring is 1. The summed E-state index contributed by atoms with van der Waals surface area (Å²) in [6, 6.07) is 5.95. The summed E-state index contributed by atoms with van der Waals surface area (Å²) in [7, 11) is 0. The fraction of sp³-hybridized carbons (Fsp3) is 0.500. The second-order valence-corrected chi connectivity index (χ2v) is 12.3. The molecule has 0 bridgehead atoms. The lowest BCUT2D eigenvalue weighted by Crippen LogP contribution is -2.50. The third-order valence-corrected chi connectivity index (χ3v) is 8.18. The number of anilines is 4. The molecule has 3 heterocycles. The quantitative estimate of drug-likeness (QED) is 0.239. The number of amides is 1. The van der Waals surface area contributed by atoms with E-state index in [1.807, 2.05) is 33.8 Å². The Kier molecular flexibility index (Phi) is 8.35. The third kappa shape index (κ3) is 6.48. The number of benzene rings is 1. The minimum absolute atomic E-state index is 0.112. The van der Waals surface area contributed by atoms with Gasteiger partial charge >= 0.3 is 0 Å². The Labute approximate surface area is 246 Å². The summed E-state index contributed by atoms with van der Waals surface area (Å²) >= 11 is 0. The third-order valence-electron chi connectivity index (χ3n) is 8.18. The standard InChI is InChI=1S/C30H41N11O/c1-18-9-10-19(28(42)37-23(32)16-22(31)30(2,3)4)15-21(18)36-27-25-24(34-17-35-27)26(33)39-29(38-25)41-13-11-40(12-14-41)20-7-5-6-8-20/h9-10,15,17,20,31H,5-8,11-14,16H2,1-4H3,(H2,32,37,42)(H2,33,38,39)(H,34,35,36). The van der Waals surface area contributed by atoms with E-state index in [0.717, 1.165) is 31.7 Å². The van der Waals surface area contributed by atoms with Crippen LogP contribution in [-0.4, -0.2) is 74.5 Å². The molecule has 5 rings (SSSR count). The molecule has 3 aromatic rings. The molecule has 12 heteroatoms. The first-order valence-corrected chi connectivity index (χ1v) is 14.6. The van der Waals surface area contributed by atoms with Crippen LogP contribution >= 0.6 is 0 Å². The van der Waals surface area contributed by atoms with E-state index in [4.69, 9.17) is 21.9 Å². The first-order chi connectivity index (χ1) is 20.0. The fourth-order valence-corrected chi connectivity index (χ4v) is 5.45. The van der Waals surface area contributed by atoms with Crippen molar-refractivity contribution in [1.82, 2.24) is 24.8 Å². The minimum atomic E-state index is -0.476. The molecular formula is C30H41N11O. The molecular weight excluding hydrogens is 530 g/mol. The highest BCUT2D eigenvalue weighted by molar-refractivity contribution is 6.10. The summed E-state index contributed by atoms with van der Waals surface area (Å²) in [5, 5.41) is 11.5. The van der Waals surface area contributed by atoms with Crippen LogP contribution in [0.3, 0.4) is 0 Å². The van der Waals surface area contributed by atoms with Gasteiger partial charge in [0.2, 0.25) is 5.95 Å². The zero-order valence-corrected chi connectivity index (χ0v) is 24.9. The van der Waals surface area contributed by atoms with Crippen molar-refractivity contribution in [2.75, 3.05) is 42.1 Å². The van der Waals surface area contributed by atoms with Crippen molar-refractivity contribution in [2.45, 2.75) is 65.8 Å². The van der Waals surface area contributed by atoms with Gasteiger partial charge in [0.05, 0.1) is 0 Å². The smallest absolute Gasteiger partial charge is 0.278 e. The Morgan fingerprint density at radius 3 is 2.50 bits per heavy atom. The van der Waals surface area contributed by atoms with Gasteiger partial charge in [-0.1, -0.05) is 39.7 Å². The molecule has 0 unspecified atom stereocenters. The largest absolute Gasteiger partial charge is 0.387 e. The van der Waals surface area contributed by atoms with Gasteiger partial charge in [0.15, 0.2) is 11.6 Å². The molecule has 2 fully saturated rings. The minimum Gasteiger partial charge on any atom is -0.387 e. The maximum absolute atomic E-state index is 12.9. The molecule has 1 aliphatic heterocycles. The number of nitrogens with zero attached hydrogens (tertiary/aromatic N) is 7. The molecule has 1 amide bonds. The highest BCUT2D eigenvalue weighted by atomic mass is 16.1. The van der Waals surface area contributed by atoms with E-state index >= 15 is 0 Å². The molecule has 2 aromatic heterocycles. The van der Waals surface area contributed by atoms with Crippen LogP contribution in [0.25, 0.3) is 11.0 Å². The van der Waals surface area contributed by atoms with E-state index in [-0.39, 0.29) is 17.7 Å². The molecule has 0 radical (unpaired) electrons. The summed E-state index contributed by atoms with van der Waals surface area (Å²) in [5.41, 5.74) is 15.3. The number of amidine groups is 1. The van der Waals surface area contributed by atoms with Gasteiger partial charge in [-0.2, -0.15) is 9.98 Å². The van der Waals surface area contributed by atoms with Crippen molar-refractivity contribution < 1.29 is 4.79 Å². The van der Waals surface area contributed by atoms with Crippen LogP contribution < -0.4 is 21.7 Å². The van der Waals surface area contributed by atoms with Crippen molar-refractivity contribution in [3.8, 4) is 0 Å². The average molecular weight is 572 g/mol. The van der Waals surface area contributed by atoms with Gasteiger partial charge in [-0.25, -0.2) is 15.0 Å². The summed E-state index contributed by atoms with van der Waals surface area (Å²) in [5.74, 6) is 0.963. The molecule has 2 aliphatic rings. The van der Waals surface area contributed by atoms with Crippen LogP contribution in [0.5, 0.6) is 0 Å². The first-order valence-electron chi connectivity index (χ1n) is 14.6. The van der Waals surface area contributed by atoms with Crippen LogP contribution in [0, 0.1) is 17.7 Å². The number of piperazine rings is 1. The summed E-state index contributed by atoms with van der Waals surface area (Å²) in [4.78, 5) is 40.0. The van der Waals surface area contributed by atoms with Crippen molar-refractivity contribution in [3.63, 3.8) is 0 Å². The number of aliphatic imine (C=N–C) groups is 1. The number of fused-ring (bicyclic) bond motifs is 1. The maximum Gasteiger partial charge on any atom is 0.278 e. The van der Waals surface area contributed by atoms with E-state index < -0.39 is 5.91 Å². The maximum atomic E-state index is 12.9. The highest BCUT2D eigenvalue weighted by Crippen LogP contribution is 2.30. The predicted octanol–water partition coefficient (Wildman–Crippen LogP) is 4.07. The molecule has 1 saturated carbocycles. The molecule has 0 atom stereocenters. The Bertz CT molecular complexity index is 1510. The lowest BCUT2D eigenvalue weighted by molar-refractivity contribution is 0.100. The fourth-order valence-electron chi connectivity index (χ4n) is 5.45. The van der Waals surface area contributed by atoms with Gasteiger partial charge in [-0.05, 0) is 42.9 Å². The molecule has 6 N–H and O–H groups in total. The van der Waals surface area contributed by atoms with Gasteiger partial charge < -0.3 is 27.1 Å². The van der Waals surface area contributed by atoms with Gasteiger partial charge in [0.1, 0.15) is 23.2 Å². The lowest BCUT2D eigenvalue weighted by Gasteiger charge is -2.38. The molecule has 42 heavy (non-hydrogen) atoms. The monoisotopic (exact) mass is 571 g/mol. The number of aromatic nitrogens is 4. The summed E-state index contributed by atoms with van der Waals surface area (Å²) < 4.78 is 0. The molecule has 12 nitrogen and oxygen atoms in total. The first kappa shape index (κ1) is 29.3. The highest BCUT2D eigenvalue weighted by Gasteiger charge is 2.28. The number of aryl methyl sites for hydroxylation is 1. The van der Waals surface area contributed by atoms with Crippen LogP contribution in [0.1, 0.15) is 68.8 Å². The van der Waals surface area contributed by atoms with E-state index in [2.05, 4.69) is 35.1 Å². The number of hydrogen-bond acceptors (Lipinski definition) is 10. The molecule has 1 saturated heterocycles. The summed E-state index contributed by atoms with van der Waals surface area (Å²) in [6.07, 6.45) is 6.79. The van der Waals surface area contributed by atoms with Crippen molar-refractivity contribution >= 4 is 51.8 Å². The number of carbonyl (C=O) groups excluding carboxylic acids is 1. The van der Waals surface area contributed by atoms with E-state index in [1.54, 1.807) is 12.1 Å². The van der Waals surface area contributed by atoms with Gasteiger partial charge in [-0.15, -0.1) is 0 Å². The average Bonchev–Trinajstić information content (AvgIpc) is 3.49. The normalized spacial score (nSPS) is 17.1. The predicted molar refractivity (Wildman–Crippen MR) is 168 cm³/mol. The Balaban J connectivity index is 1.37. The Morgan fingerprint density at radius 1 is 1.10 bits per heavy atom. The Morgan fingerprint density at radius 2 is 1.81 bits per heavy atom. The SMILES string of the molecule is Cc1ccc(C(=O)N=C(N)CC(=N)C(C)(C)C)cc1Nc1ncnc2c(N)nc(N3CCN(C4CCCC4)CC3)nc12. The number of hydrogen-bond donors (Lipinski definition) is 4. The van der Waals surface area contributed by atoms with E-state index in [1.165, 1.54) is 32.0 Å². The number of carbonyl (C=O) groups is 1. The van der Waals surface area contributed by atoms with Gasteiger partial charge in [0.25, 0.3) is 5.91 Å². The zero-order valence-electron chi connectivity index (χ0n) is 24.9. The van der Waals surface area contributed by atoms with Crippen molar-refractivity contribution in [3.05, 3.63) is 35.7 Å². The van der Waals surface area contributed by atoms with Crippen molar-refractivity contribution in [1.29, 1.82) is 5.41 Å². The number of rotatable bonds is 7. The molecule has 0 spiro atoms. The van der Waals surface area contributed by atoms with E-state index in [0.29, 0.717) is 51.6 Å². The van der Waals surface area contributed by atoms with Crippen molar-refractivity contribution in [2.24, 2.45) is 16.1 Å².